The topological polar surface area (TPSA) is 37.3 Å². The molecule has 4 bridgehead atoms. The molecule has 0 aliphatic heterocycles. The average molecular weight is 236 g/mol. The highest BCUT2D eigenvalue weighted by molar-refractivity contribution is 5.73. The number of rotatable bonds is 3. The van der Waals surface area contributed by atoms with E-state index in [-0.39, 0.29) is 0 Å². The van der Waals surface area contributed by atoms with Crippen molar-refractivity contribution in [2.75, 3.05) is 0 Å². The molecule has 0 amide bonds. The van der Waals surface area contributed by atoms with E-state index >= 15 is 0 Å². The number of carboxylic acid groups (broad SMARTS) is 1. The van der Waals surface area contributed by atoms with Crippen molar-refractivity contribution < 1.29 is 9.90 Å². The molecule has 0 atom stereocenters. The Morgan fingerprint density at radius 1 is 1.06 bits per heavy atom. The molecule has 4 fully saturated rings. The van der Waals surface area contributed by atoms with Crippen LogP contribution < -0.4 is 0 Å². The second kappa shape index (κ2) is 3.73. The van der Waals surface area contributed by atoms with E-state index in [1.54, 1.807) is 0 Å². The quantitative estimate of drug-likeness (QED) is 0.813. The lowest BCUT2D eigenvalue weighted by molar-refractivity contribution is -0.150. The summed E-state index contributed by atoms with van der Waals surface area (Å²) in [6, 6.07) is 0. The van der Waals surface area contributed by atoms with Gasteiger partial charge in [0.2, 0.25) is 0 Å². The molecule has 17 heavy (non-hydrogen) atoms. The summed E-state index contributed by atoms with van der Waals surface area (Å²) in [6.45, 7) is 3.81. The van der Waals surface area contributed by atoms with E-state index < -0.39 is 11.4 Å². The summed E-state index contributed by atoms with van der Waals surface area (Å²) >= 11 is 0. The number of hydrogen-bond donors (Lipinski definition) is 1. The molecule has 0 spiro atoms. The standard InChI is InChI=1S/C15H24O2/c1-15(2,14(16)17)8-13-11-4-9-3-10(6-11)7-12(13)5-9/h9-13H,3-8H2,1-2H3,(H,16,17). The van der Waals surface area contributed by atoms with Crippen LogP contribution in [0.25, 0.3) is 0 Å². The van der Waals surface area contributed by atoms with Gasteiger partial charge in [-0.2, -0.15) is 0 Å². The van der Waals surface area contributed by atoms with Gasteiger partial charge in [0.1, 0.15) is 0 Å². The maximum Gasteiger partial charge on any atom is 0.309 e. The van der Waals surface area contributed by atoms with Crippen molar-refractivity contribution in [1.29, 1.82) is 0 Å². The number of carbonyl (C=O) groups is 1. The van der Waals surface area contributed by atoms with Crippen molar-refractivity contribution in [3.05, 3.63) is 0 Å². The molecule has 0 heterocycles. The van der Waals surface area contributed by atoms with Crippen molar-refractivity contribution in [2.24, 2.45) is 35.0 Å². The van der Waals surface area contributed by atoms with Crippen molar-refractivity contribution >= 4 is 5.97 Å². The van der Waals surface area contributed by atoms with E-state index in [4.69, 9.17) is 0 Å². The first kappa shape index (κ1) is 11.6. The van der Waals surface area contributed by atoms with E-state index in [2.05, 4.69) is 0 Å². The lowest BCUT2D eigenvalue weighted by Gasteiger charge is -2.55. The molecule has 2 heteroatoms. The van der Waals surface area contributed by atoms with Crippen LogP contribution >= 0.6 is 0 Å². The Morgan fingerprint density at radius 3 is 1.94 bits per heavy atom. The Kier molecular flexibility index (Phi) is 2.53. The van der Waals surface area contributed by atoms with Crippen LogP contribution in [-0.2, 0) is 4.79 Å². The minimum atomic E-state index is -0.619. The average Bonchev–Trinajstić information content (AvgIpc) is 2.22. The zero-order chi connectivity index (χ0) is 12.2. The lowest BCUT2D eigenvalue weighted by atomic mass is 9.50. The van der Waals surface area contributed by atoms with Crippen LogP contribution in [0.1, 0.15) is 52.4 Å². The predicted molar refractivity (Wildman–Crippen MR) is 66.6 cm³/mol. The second-order valence-corrected chi connectivity index (χ2v) is 7.49. The van der Waals surface area contributed by atoms with Crippen LogP contribution in [0.15, 0.2) is 0 Å². The third kappa shape index (κ3) is 1.90. The molecule has 2 nitrogen and oxygen atoms in total. The van der Waals surface area contributed by atoms with Crippen LogP contribution in [0.5, 0.6) is 0 Å². The summed E-state index contributed by atoms with van der Waals surface area (Å²) in [7, 11) is 0. The fourth-order valence-electron chi connectivity index (χ4n) is 5.05. The molecule has 0 radical (unpaired) electrons. The maximum atomic E-state index is 11.3. The maximum absolute atomic E-state index is 11.3. The summed E-state index contributed by atoms with van der Waals surface area (Å²) in [4.78, 5) is 11.3. The first-order valence-corrected chi connectivity index (χ1v) is 7.19. The first-order chi connectivity index (χ1) is 7.95. The third-order valence-corrected chi connectivity index (χ3v) is 5.75. The fraction of sp³-hybridized carbons (Fsp3) is 0.933. The highest BCUT2D eigenvalue weighted by Crippen LogP contribution is 2.58. The minimum absolute atomic E-state index is 0.528. The van der Waals surface area contributed by atoms with E-state index in [0.29, 0.717) is 5.92 Å². The van der Waals surface area contributed by atoms with Gasteiger partial charge in [-0.1, -0.05) is 0 Å². The molecule has 1 N–H and O–H groups in total. The summed E-state index contributed by atoms with van der Waals surface area (Å²) in [5.74, 6) is 3.76. The van der Waals surface area contributed by atoms with Crippen LogP contribution in [0.3, 0.4) is 0 Å². The summed E-state index contributed by atoms with van der Waals surface area (Å²) in [5, 5.41) is 9.30. The van der Waals surface area contributed by atoms with Gasteiger partial charge in [0.15, 0.2) is 0 Å². The zero-order valence-electron chi connectivity index (χ0n) is 11.0. The highest BCUT2D eigenvalue weighted by atomic mass is 16.4. The molecule has 0 aromatic heterocycles. The van der Waals surface area contributed by atoms with Gasteiger partial charge >= 0.3 is 5.97 Å². The molecule has 4 saturated carbocycles. The SMILES string of the molecule is CC(C)(CC1C2CC3CC(C2)CC1C3)C(=O)O. The Bertz CT molecular complexity index is 304. The first-order valence-electron chi connectivity index (χ1n) is 7.19. The van der Waals surface area contributed by atoms with E-state index in [1.807, 2.05) is 13.8 Å². The molecule has 0 saturated heterocycles. The molecular weight excluding hydrogens is 212 g/mol. The van der Waals surface area contributed by atoms with Crippen LogP contribution in [-0.4, -0.2) is 11.1 Å². The normalized spacial score (nSPS) is 44.0. The van der Waals surface area contributed by atoms with Gasteiger partial charge in [0.05, 0.1) is 5.41 Å². The second-order valence-electron chi connectivity index (χ2n) is 7.49. The van der Waals surface area contributed by atoms with Crippen LogP contribution in [0.4, 0.5) is 0 Å². The summed E-state index contributed by atoms with van der Waals surface area (Å²) < 4.78 is 0. The molecular formula is C15H24O2. The van der Waals surface area contributed by atoms with Crippen molar-refractivity contribution in [3.63, 3.8) is 0 Å². The Morgan fingerprint density at radius 2 is 1.53 bits per heavy atom. The van der Waals surface area contributed by atoms with E-state index in [9.17, 15) is 9.90 Å². The Labute approximate surface area is 104 Å². The van der Waals surface area contributed by atoms with E-state index in [0.717, 1.165) is 30.1 Å². The summed E-state index contributed by atoms with van der Waals surface area (Å²) in [6.07, 6.45) is 7.96. The van der Waals surface area contributed by atoms with Gasteiger partial charge in [0.25, 0.3) is 0 Å². The summed E-state index contributed by atoms with van der Waals surface area (Å²) in [5.41, 5.74) is -0.528. The molecule has 4 rings (SSSR count). The largest absolute Gasteiger partial charge is 0.481 e. The predicted octanol–water partition coefficient (Wildman–Crippen LogP) is 3.56. The van der Waals surface area contributed by atoms with Gasteiger partial charge in [-0.3, -0.25) is 4.79 Å². The number of aliphatic carboxylic acids is 1. The molecule has 4 aliphatic carbocycles. The van der Waals surface area contributed by atoms with Gasteiger partial charge in [-0.05, 0) is 82.0 Å². The zero-order valence-corrected chi connectivity index (χ0v) is 11.0. The Hall–Kier alpha value is -0.530. The molecule has 4 aliphatic rings. The van der Waals surface area contributed by atoms with Crippen LogP contribution in [0.2, 0.25) is 0 Å². The third-order valence-electron chi connectivity index (χ3n) is 5.75. The van der Waals surface area contributed by atoms with Gasteiger partial charge in [-0.25, -0.2) is 0 Å². The number of carboxylic acids is 1. The monoisotopic (exact) mass is 236 g/mol. The number of hydrogen-bond acceptors (Lipinski definition) is 1. The van der Waals surface area contributed by atoms with Gasteiger partial charge < -0.3 is 5.11 Å². The highest BCUT2D eigenvalue weighted by Gasteiger charge is 2.49. The minimum Gasteiger partial charge on any atom is -0.481 e. The van der Waals surface area contributed by atoms with Crippen molar-refractivity contribution in [1.82, 2.24) is 0 Å². The Balaban J connectivity index is 1.74. The molecule has 0 aromatic rings. The molecule has 0 unspecified atom stereocenters. The lowest BCUT2D eigenvalue weighted by Crippen LogP contribution is -2.47. The fourth-order valence-corrected chi connectivity index (χ4v) is 5.05. The van der Waals surface area contributed by atoms with Crippen LogP contribution in [0, 0.1) is 35.0 Å². The van der Waals surface area contributed by atoms with Crippen molar-refractivity contribution in [3.8, 4) is 0 Å². The molecule has 0 aromatic carbocycles. The van der Waals surface area contributed by atoms with Gasteiger partial charge in [0, 0.05) is 0 Å². The van der Waals surface area contributed by atoms with E-state index in [1.165, 1.54) is 32.1 Å². The smallest absolute Gasteiger partial charge is 0.309 e. The van der Waals surface area contributed by atoms with Gasteiger partial charge in [-0.15, -0.1) is 0 Å². The van der Waals surface area contributed by atoms with Crippen molar-refractivity contribution in [2.45, 2.75) is 52.4 Å². The molecule has 96 valence electrons.